The van der Waals surface area contributed by atoms with E-state index in [9.17, 15) is 5.11 Å². The molecule has 14 heavy (non-hydrogen) atoms. The minimum absolute atomic E-state index is 0.0339. The Morgan fingerprint density at radius 3 is 2.50 bits per heavy atom. The number of benzene rings is 1. The fourth-order valence-electron chi connectivity index (χ4n) is 1.98. The molecular formula is C11H14BrNO. The van der Waals surface area contributed by atoms with Crippen molar-refractivity contribution in [2.75, 3.05) is 13.2 Å². The van der Waals surface area contributed by atoms with E-state index in [0.717, 1.165) is 10.9 Å². The maximum Gasteiger partial charge on any atom is 0.0505 e. The van der Waals surface area contributed by atoms with Crippen molar-refractivity contribution in [2.45, 2.75) is 12.3 Å². The molecule has 1 saturated carbocycles. The lowest BCUT2D eigenvalue weighted by atomic mass is 10.0. The minimum Gasteiger partial charge on any atom is -0.396 e. The van der Waals surface area contributed by atoms with Gasteiger partial charge in [-0.15, -0.1) is 0 Å². The van der Waals surface area contributed by atoms with E-state index in [1.165, 1.54) is 5.56 Å². The minimum atomic E-state index is -0.0339. The molecule has 0 aliphatic heterocycles. The number of hydrogen-bond donors (Lipinski definition) is 2. The number of aliphatic hydroxyl groups excluding tert-OH is 1. The topological polar surface area (TPSA) is 46.2 Å². The molecule has 0 unspecified atom stereocenters. The van der Waals surface area contributed by atoms with E-state index < -0.39 is 0 Å². The van der Waals surface area contributed by atoms with E-state index in [0.29, 0.717) is 12.5 Å². The molecule has 1 aromatic carbocycles. The first-order valence-corrected chi connectivity index (χ1v) is 5.57. The largest absolute Gasteiger partial charge is 0.396 e. The monoisotopic (exact) mass is 255 g/mol. The van der Waals surface area contributed by atoms with Gasteiger partial charge in [-0.3, -0.25) is 0 Å². The van der Waals surface area contributed by atoms with E-state index in [1.807, 2.05) is 12.1 Å². The Balaban J connectivity index is 2.16. The molecule has 76 valence electrons. The van der Waals surface area contributed by atoms with Crippen LogP contribution in [0, 0.1) is 5.41 Å². The number of nitrogens with two attached hydrogens (primary N) is 1. The summed E-state index contributed by atoms with van der Waals surface area (Å²) in [5.41, 5.74) is 6.92. The van der Waals surface area contributed by atoms with Gasteiger partial charge in [0, 0.05) is 16.4 Å². The van der Waals surface area contributed by atoms with Gasteiger partial charge < -0.3 is 10.8 Å². The Morgan fingerprint density at radius 1 is 1.43 bits per heavy atom. The SMILES string of the molecule is NC[C@@]1(CO)C[C@@H]1c1ccc(Br)cc1. The highest BCUT2D eigenvalue weighted by molar-refractivity contribution is 9.10. The fourth-order valence-corrected chi connectivity index (χ4v) is 2.24. The molecule has 2 rings (SSSR count). The van der Waals surface area contributed by atoms with Crippen molar-refractivity contribution in [1.82, 2.24) is 0 Å². The average Bonchev–Trinajstić information content (AvgIpc) is 2.94. The molecule has 0 aromatic heterocycles. The molecule has 1 aliphatic rings. The molecule has 0 amide bonds. The van der Waals surface area contributed by atoms with Gasteiger partial charge in [-0.25, -0.2) is 0 Å². The quantitative estimate of drug-likeness (QED) is 0.867. The number of rotatable bonds is 3. The van der Waals surface area contributed by atoms with E-state index in [1.54, 1.807) is 0 Å². The van der Waals surface area contributed by atoms with Crippen LogP contribution in [0.15, 0.2) is 28.7 Å². The summed E-state index contributed by atoms with van der Waals surface area (Å²) in [6.07, 6.45) is 1.02. The van der Waals surface area contributed by atoms with Crippen molar-refractivity contribution in [1.29, 1.82) is 0 Å². The second-order valence-corrected chi connectivity index (χ2v) is 4.95. The summed E-state index contributed by atoms with van der Waals surface area (Å²) >= 11 is 3.40. The summed E-state index contributed by atoms with van der Waals surface area (Å²) in [6, 6.07) is 8.27. The maximum absolute atomic E-state index is 9.25. The maximum atomic E-state index is 9.25. The Bertz CT molecular complexity index is 319. The molecule has 2 nitrogen and oxygen atoms in total. The highest BCUT2D eigenvalue weighted by Crippen LogP contribution is 2.58. The molecule has 3 heteroatoms. The Hall–Kier alpha value is -0.380. The van der Waals surface area contributed by atoms with Crippen molar-refractivity contribution in [3.63, 3.8) is 0 Å². The second kappa shape index (κ2) is 3.65. The van der Waals surface area contributed by atoms with Gasteiger partial charge in [0.05, 0.1) is 6.61 Å². The van der Waals surface area contributed by atoms with Crippen molar-refractivity contribution < 1.29 is 5.11 Å². The van der Waals surface area contributed by atoms with Crippen LogP contribution in [0.25, 0.3) is 0 Å². The molecule has 2 atom stereocenters. The Labute approximate surface area is 92.3 Å². The first kappa shape index (κ1) is 10.1. The smallest absolute Gasteiger partial charge is 0.0505 e. The molecular weight excluding hydrogens is 242 g/mol. The third-order valence-corrected chi connectivity index (χ3v) is 3.71. The molecule has 0 bridgehead atoms. The first-order chi connectivity index (χ1) is 6.72. The summed E-state index contributed by atoms with van der Waals surface area (Å²) < 4.78 is 1.09. The predicted octanol–water partition coefficient (Wildman–Crippen LogP) is 1.87. The van der Waals surface area contributed by atoms with E-state index in [4.69, 9.17) is 5.73 Å². The fraction of sp³-hybridized carbons (Fsp3) is 0.455. The zero-order valence-corrected chi connectivity index (χ0v) is 9.50. The molecule has 0 spiro atoms. The normalized spacial score (nSPS) is 30.4. The van der Waals surface area contributed by atoms with E-state index in [-0.39, 0.29) is 12.0 Å². The summed E-state index contributed by atoms with van der Waals surface area (Å²) in [6.45, 7) is 0.772. The molecule has 3 N–H and O–H groups in total. The highest BCUT2D eigenvalue weighted by atomic mass is 79.9. The zero-order valence-electron chi connectivity index (χ0n) is 7.91. The number of halogens is 1. The summed E-state index contributed by atoms with van der Waals surface area (Å²) in [5.74, 6) is 0.450. The Kier molecular flexibility index (Phi) is 2.64. The van der Waals surface area contributed by atoms with Crippen molar-refractivity contribution in [3.8, 4) is 0 Å². The van der Waals surface area contributed by atoms with Crippen LogP contribution in [0.2, 0.25) is 0 Å². The lowest BCUT2D eigenvalue weighted by molar-refractivity contribution is 0.211. The van der Waals surface area contributed by atoms with Crippen LogP contribution in [-0.2, 0) is 0 Å². The van der Waals surface area contributed by atoms with Crippen LogP contribution < -0.4 is 5.73 Å². The number of hydrogen-bond acceptors (Lipinski definition) is 2. The van der Waals surface area contributed by atoms with Gasteiger partial charge in [0.1, 0.15) is 0 Å². The van der Waals surface area contributed by atoms with Gasteiger partial charge in [-0.05, 0) is 30.0 Å². The van der Waals surface area contributed by atoms with Gasteiger partial charge >= 0.3 is 0 Å². The molecule has 1 fully saturated rings. The van der Waals surface area contributed by atoms with Gasteiger partial charge in [0.2, 0.25) is 0 Å². The number of aliphatic hydroxyl groups is 1. The van der Waals surface area contributed by atoms with Crippen molar-refractivity contribution in [3.05, 3.63) is 34.3 Å². The van der Waals surface area contributed by atoms with Crippen LogP contribution in [0.5, 0.6) is 0 Å². The third-order valence-electron chi connectivity index (χ3n) is 3.18. The summed E-state index contributed by atoms with van der Waals surface area (Å²) in [5, 5.41) is 9.25. The average molecular weight is 256 g/mol. The molecule has 0 saturated heterocycles. The van der Waals surface area contributed by atoms with Crippen LogP contribution in [-0.4, -0.2) is 18.3 Å². The van der Waals surface area contributed by atoms with E-state index >= 15 is 0 Å². The zero-order chi connectivity index (χ0) is 10.2. The van der Waals surface area contributed by atoms with Gasteiger partial charge in [0.15, 0.2) is 0 Å². The summed E-state index contributed by atoms with van der Waals surface area (Å²) in [4.78, 5) is 0. The van der Waals surface area contributed by atoms with Crippen LogP contribution >= 0.6 is 15.9 Å². The molecule has 1 aromatic rings. The van der Waals surface area contributed by atoms with Crippen molar-refractivity contribution in [2.24, 2.45) is 11.1 Å². The van der Waals surface area contributed by atoms with Gasteiger partial charge in [0.25, 0.3) is 0 Å². The molecule has 0 radical (unpaired) electrons. The Morgan fingerprint density at radius 2 is 2.07 bits per heavy atom. The van der Waals surface area contributed by atoms with E-state index in [2.05, 4.69) is 28.1 Å². The van der Waals surface area contributed by atoms with Crippen molar-refractivity contribution >= 4 is 15.9 Å². The van der Waals surface area contributed by atoms with Crippen LogP contribution in [0.3, 0.4) is 0 Å². The van der Waals surface area contributed by atoms with Crippen LogP contribution in [0.1, 0.15) is 17.9 Å². The highest BCUT2D eigenvalue weighted by Gasteiger charge is 2.53. The third kappa shape index (κ3) is 1.60. The standard InChI is InChI=1S/C11H14BrNO/c12-9-3-1-8(2-4-9)10-5-11(10,6-13)7-14/h1-4,10,14H,5-7,13H2/t10-,11-/m1/s1. The first-order valence-electron chi connectivity index (χ1n) is 4.78. The van der Waals surface area contributed by atoms with Gasteiger partial charge in [-0.1, -0.05) is 28.1 Å². The lowest BCUT2D eigenvalue weighted by Gasteiger charge is -2.10. The second-order valence-electron chi connectivity index (χ2n) is 4.03. The summed E-state index contributed by atoms with van der Waals surface area (Å²) in [7, 11) is 0. The predicted molar refractivity (Wildman–Crippen MR) is 60.1 cm³/mol. The lowest BCUT2D eigenvalue weighted by Crippen LogP contribution is -2.21. The molecule has 0 heterocycles. The molecule has 1 aliphatic carbocycles. The van der Waals surface area contributed by atoms with Gasteiger partial charge in [-0.2, -0.15) is 0 Å². The van der Waals surface area contributed by atoms with Crippen LogP contribution in [0.4, 0.5) is 0 Å².